The van der Waals surface area contributed by atoms with Crippen LogP contribution in [0.25, 0.3) is 0 Å². The van der Waals surface area contributed by atoms with Gasteiger partial charge in [-0.05, 0) is 32.9 Å². The number of hydrogen-bond donors (Lipinski definition) is 2. The predicted octanol–water partition coefficient (Wildman–Crippen LogP) is 2.65. The first-order chi connectivity index (χ1) is 8.66. The summed E-state index contributed by atoms with van der Waals surface area (Å²) in [5.41, 5.74) is 0. The van der Waals surface area contributed by atoms with E-state index in [1.54, 1.807) is 6.92 Å². The molecule has 0 saturated carbocycles. The van der Waals surface area contributed by atoms with E-state index < -0.39 is 11.0 Å². The lowest BCUT2D eigenvalue weighted by Gasteiger charge is -2.08. The fourth-order valence-corrected chi connectivity index (χ4v) is 2.24. The SMILES string of the molecule is CCCCCCCCCNCCC(C)O[SH](=O)=O. The van der Waals surface area contributed by atoms with E-state index in [0.717, 1.165) is 19.5 Å². The Labute approximate surface area is 114 Å². The van der Waals surface area contributed by atoms with Crippen LogP contribution in [0.5, 0.6) is 0 Å². The zero-order valence-electron chi connectivity index (χ0n) is 11.8. The van der Waals surface area contributed by atoms with Gasteiger partial charge in [-0.2, -0.15) is 0 Å². The number of thiol groups is 1. The van der Waals surface area contributed by atoms with Gasteiger partial charge in [0.05, 0.1) is 6.10 Å². The average Bonchev–Trinajstić information content (AvgIpc) is 2.30. The lowest BCUT2D eigenvalue weighted by molar-refractivity contribution is 0.227. The molecule has 0 spiro atoms. The smallest absolute Gasteiger partial charge is 0.257 e. The van der Waals surface area contributed by atoms with E-state index in [0.29, 0.717) is 0 Å². The van der Waals surface area contributed by atoms with Crippen molar-refractivity contribution in [1.29, 1.82) is 0 Å². The zero-order chi connectivity index (χ0) is 13.6. The Balaban J connectivity index is 3.11. The summed E-state index contributed by atoms with van der Waals surface area (Å²) in [6.07, 6.45) is 9.73. The van der Waals surface area contributed by atoms with Gasteiger partial charge in [-0.15, -0.1) is 0 Å². The van der Waals surface area contributed by atoms with Crippen LogP contribution in [-0.2, 0) is 15.2 Å². The third kappa shape index (κ3) is 13.9. The van der Waals surface area contributed by atoms with Gasteiger partial charge in [-0.3, -0.25) is 4.18 Å². The summed E-state index contributed by atoms with van der Waals surface area (Å²) in [5, 5.41) is 3.31. The molecule has 0 radical (unpaired) electrons. The third-order valence-corrected chi connectivity index (χ3v) is 3.48. The monoisotopic (exact) mass is 279 g/mol. The van der Waals surface area contributed by atoms with Crippen LogP contribution >= 0.6 is 0 Å². The molecular formula is C13H29NO3S. The first-order valence-corrected chi connectivity index (χ1v) is 8.28. The van der Waals surface area contributed by atoms with E-state index in [1.807, 2.05) is 0 Å². The number of hydrogen-bond acceptors (Lipinski definition) is 4. The van der Waals surface area contributed by atoms with Crippen molar-refractivity contribution in [3.8, 4) is 0 Å². The molecule has 1 atom stereocenters. The van der Waals surface area contributed by atoms with Gasteiger partial charge in [0.15, 0.2) is 0 Å². The summed E-state index contributed by atoms with van der Waals surface area (Å²) < 4.78 is 25.2. The molecule has 0 aromatic carbocycles. The van der Waals surface area contributed by atoms with Crippen LogP contribution < -0.4 is 5.32 Å². The van der Waals surface area contributed by atoms with E-state index in [2.05, 4.69) is 16.4 Å². The fourth-order valence-electron chi connectivity index (χ4n) is 1.84. The minimum absolute atomic E-state index is 0.215. The van der Waals surface area contributed by atoms with Gasteiger partial charge in [0, 0.05) is 0 Å². The number of nitrogens with one attached hydrogen (secondary N) is 1. The van der Waals surface area contributed by atoms with Crippen molar-refractivity contribution in [2.24, 2.45) is 0 Å². The van der Waals surface area contributed by atoms with Gasteiger partial charge in [-0.1, -0.05) is 45.4 Å². The van der Waals surface area contributed by atoms with Crippen LogP contribution in [-0.4, -0.2) is 27.6 Å². The van der Waals surface area contributed by atoms with Crippen LogP contribution in [0.2, 0.25) is 0 Å². The summed E-state index contributed by atoms with van der Waals surface area (Å²) in [6.45, 7) is 5.85. The van der Waals surface area contributed by atoms with Crippen molar-refractivity contribution in [2.75, 3.05) is 13.1 Å². The zero-order valence-corrected chi connectivity index (χ0v) is 12.7. The normalized spacial score (nSPS) is 13.1. The first kappa shape index (κ1) is 17.9. The Kier molecular flexibility index (Phi) is 13.2. The van der Waals surface area contributed by atoms with Crippen molar-refractivity contribution in [3.05, 3.63) is 0 Å². The van der Waals surface area contributed by atoms with Crippen molar-refractivity contribution in [2.45, 2.75) is 71.3 Å². The van der Waals surface area contributed by atoms with E-state index in [9.17, 15) is 8.42 Å². The highest BCUT2D eigenvalue weighted by atomic mass is 32.2. The summed E-state index contributed by atoms with van der Waals surface area (Å²) in [5.74, 6) is 0. The van der Waals surface area contributed by atoms with Crippen LogP contribution in [0, 0.1) is 0 Å². The molecule has 110 valence electrons. The van der Waals surface area contributed by atoms with Crippen molar-refractivity contribution < 1.29 is 12.6 Å². The fraction of sp³-hybridized carbons (Fsp3) is 1.00. The van der Waals surface area contributed by atoms with E-state index >= 15 is 0 Å². The molecule has 5 heteroatoms. The number of unbranched alkanes of at least 4 members (excludes halogenated alkanes) is 6. The quantitative estimate of drug-likeness (QED) is 0.402. The van der Waals surface area contributed by atoms with E-state index in [4.69, 9.17) is 0 Å². The molecular weight excluding hydrogens is 250 g/mol. The Bertz CT molecular complexity index is 236. The van der Waals surface area contributed by atoms with Gasteiger partial charge in [0.1, 0.15) is 0 Å². The minimum Gasteiger partial charge on any atom is -0.317 e. The molecule has 0 fully saturated rings. The largest absolute Gasteiger partial charge is 0.317 e. The van der Waals surface area contributed by atoms with Crippen LogP contribution in [0.1, 0.15) is 65.2 Å². The maximum Gasteiger partial charge on any atom is 0.257 e. The Morgan fingerprint density at radius 3 is 2.22 bits per heavy atom. The van der Waals surface area contributed by atoms with Gasteiger partial charge < -0.3 is 5.32 Å². The summed E-state index contributed by atoms with van der Waals surface area (Å²) in [6, 6.07) is 0. The molecule has 0 saturated heterocycles. The lowest BCUT2D eigenvalue weighted by atomic mass is 10.1. The average molecular weight is 279 g/mol. The van der Waals surface area contributed by atoms with Crippen molar-refractivity contribution in [1.82, 2.24) is 5.32 Å². The molecule has 0 aliphatic rings. The molecule has 0 aliphatic carbocycles. The van der Waals surface area contributed by atoms with Crippen LogP contribution in [0.3, 0.4) is 0 Å². The molecule has 0 heterocycles. The molecule has 0 aliphatic heterocycles. The number of rotatable bonds is 13. The van der Waals surface area contributed by atoms with Crippen LogP contribution in [0.4, 0.5) is 0 Å². The Hall–Kier alpha value is -0.130. The van der Waals surface area contributed by atoms with E-state index in [-0.39, 0.29) is 6.10 Å². The summed E-state index contributed by atoms with van der Waals surface area (Å²) in [7, 11) is -2.71. The minimum atomic E-state index is -2.71. The Morgan fingerprint density at radius 2 is 1.61 bits per heavy atom. The second-order valence-corrected chi connectivity index (χ2v) is 5.46. The second kappa shape index (κ2) is 13.3. The summed E-state index contributed by atoms with van der Waals surface area (Å²) in [4.78, 5) is 0. The highest BCUT2D eigenvalue weighted by Crippen LogP contribution is 2.06. The maximum absolute atomic E-state index is 10.3. The van der Waals surface area contributed by atoms with Gasteiger partial charge >= 0.3 is 0 Å². The molecule has 18 heavy (non-hydrogen) atoms. The van der Waals surface area contributed by atoms with E-state index in [1.165, 1.54) is 44.9 Å². The molecule has 0 rings (SSSR count). The highest BCUT2D eigenvalue weighted by Gasteiger charge is 2.02. The predicted molar refractivity (Wildman–Crippen MR) is 76.3 cm³/mol. The van der Waals surface area contributed by atoms with Crippen molar-refractivity contribution in [3.63, 3.8) is 0 Å². The molecule has 0 aromatic heterocycles. The highest BCUT2D eigenvalue weighted by molar-refractivity contribution is 7.67. The molecule has 4 nitrogen and oxygen atoms in total. The van der Waals surface area contributed by atoms with Gasteiger partial charge in [0.2, 0.25) is 0 Å². The standard InChI is InChI=1S/C13H29NO3S/c1-3-4-5-6-7-8-9-11-14-12-10-13(2)17-18(15)16/h13-14,18H,3-12H2,1-2H3. The second-order valence-electron chi connectivity index (χ2n) is 4.80. The lowest BCUT2D eigenvalue weighted by Crippen LogP contribution is -2.21. The molecule has 0 amide bonds. The van der Waals surface area contributed by atoms with Gasteiger partial charge in [-0.25, -0.2) is 8.42 Å². The van der Waals surface area contributed by atoms with Crippen LogP contribution in [0.15, 0.2) is 0 Å². The van der Waals surface area contributed by atoms with Gasteiger partial charge in [0.25, 0.3) is 11.0 Å². The van der Waals surface area contributed by atoms with Crippen molar-refractivity contribution >= 4 is 11.0 Å². The molecule has 0 aromatic rings. The first-order valence-electron chi connectivity index (χ1n) is 7.18. The molecule has 1 N–H and O–H groups in total. The molecule has 1 unspecified atom stereocenters. The maximum atomic E-state index is 10.3. The topological polar surface area (TPSA) is 55.4 Å². The summed E-state index contributed by atoms with van der Waals surface area (Å²) >= 11 is 0. The molecule has 0 bridgehead atoms. The third-order valence-electron chi connectivity index (χ3n) is 2.95. The Morgan fingerprint density at radius 1 is 1.00 bits per heavy atom.